The van der Waals surface area contributed by atoms with Crippen LogP contribution < -0.4 is 14.2 Å². The van der Waals surface area contributed by atoms with Crippen LogP contribution in [0.25, 0.3) is 0 Å². The number of fused-ring (bicyclic) bond motifs is 12. The number of aromatic hydroxyl groups is 3. The topological polar surface area (TPSA) is 270 Å². The Balaban J connectivity index is 1.16. The van der Waals surface area contributed by atoms with Gasteiger partial charge in [0.25, 0.3) is 0 Å². The lowest BCUT2D eigenvalue weighted by Crippen LogP contribution is -2.34. The number of ether oxygens (including phenoxy) is 5. The van der Waals surface area contributed by atoms with Crippen LogP contribution in [0.1, 0.15) is 95.5 Å². The van der Waals surface area contributed by atoms with Gasteiger partial charge in [0.15, 0.2) is 57.2 Å². The summed E-state index contributed by atoms with van der Waals surface area (Å²) in [5.41, 5.74) is -8.51. The zero-order chi connectivity index (χ0) is 48.1. The average Bonchev–Trinajstić information content (AvgIpc) is 3.74. The lowest BCUT2D eigenvalue weighted by Gasteiger charge is -2.38. The number of hydrogen-bond donors (Lipinski definition) is 6. The number of carbonyl (C=O) groups is 6. The van der Waals surface area contributed by atoms with Gasteiger partial charge in [-0.15, -0.1) is 0 Å². The molecule has 6 N–H and O–H groups in total. The van der Waals surface area contributed by atoms with Crippen LogP contribution in [0.2, 0.25) is 30.1 Å². The second-order valence-electron chi connectivity index (χ2n) is 14.9. The van der Waals surface area contributed by atoms with E-state index in [0.717, 1.165) is 42.5 Å². The summed E-state index contributed by atoms with van der Waals surface area (Å²) >= 11 is 39.8. The molecule has 4 aliphatic rings. The van der Waals surface area contributed by atoms with Crippen LogP contribution in [-0.2, 0) is 20.7 Å². The van der Waals surface area contributed by atoms with E-state index < -0.39 is 129 Å². The van der Waals surface area contributed by atoms with E-state index in [1.165, 1.54) is 18.2 Å². The van der Waals surface area contributed by atoms with Crippen LogP contribution in [0.5, 0.6) is 46.0 Å². The van der Waals surface area contributed by atoms with Gasteiger partial charge in [-0.3, -0.25) is 0 Å². The Bertz CT molecular complexity index is 3460. The molecule has 0 bridgehead atoms. The molecule has 0 aliphatic carbocycles. The third kappa shape index (κ3) is 5.82. The Morgan fingerprint density at radius 3 is 1.52 bits per heavy atom. The summed E-state index contributed by atoms with van der Waals surface area (Å²) in [6.07, 6.45) is 0. The second-order valence-corrected chi connectivity index (χ2v) is 17.2. The molecule has 0 saturated carbocycles. The molecule has 336 valence electrons. The first-order valence-electron chi connectivity index (χ1n) is 18.5. The summed E-state index contributed by atoms with van der Waals surface area (Å²) < 4.78 is 29.8. The smallest absolute Gasteiger partial charge is 0.347 e. The van der Waals surface area contributed by atoms with Crippen LogP contribution in [0.15, 0.2) is 60.7 Å². The predicted octanol–water partition coefficient (Wildman–Crippen LogP) is 10.2. The standard InChI is InChI=1S/C44H16Cl6O17/c45-23-9-21-34(27(49)31(23)53)64-35-22(43(21)17-4-2-11(37(54)55)5-14(17)42(62)67-43)10-24(46)36(28(35)50)65-40(60)16-8-20-33(26(48)30(16)52)63-32-19(7-15(39(58)59)29(51)25(32)47)44(20)18-6-12(38(56)57)1-3-13(18)41(61)66-44/h1-10,51-53H,(H,54,55)(H,56,57)(H,58,59). The van der Waals surface area contributed by atoms with Crippen molar-refractivity contribution in [2.45, 2.75) is 11.2 Å². The molecule has 0 amide bonds. The molecule has 23 heteroatoms. The van der Waals surface area contributed by atoms with Gasteiger partial charge in [0.1, 0.15) is 31.2 Å². The SMILES string of the molecule is O=C(O)c1ccc2c(c1)C(=O)OC21c2cc(Cl)c(O)c(Cl)c2Oc2c1cc(Cl)c(OC(=O)c1cc3c(c(Cl)c1O)Oc1c(cc(C(=O)O)c(O)c1Cl)C31OC(=O)c3ccc(C(=O)O)cc31)c2Cl. The van der Waals surface area contributed by atoms with Crippen molar-refractivity contribution in [2.75, 3.05) is 0 Å². The van der Waals surface area contributed by atoms with Gasteiger partial charge in [0.05, 0.1) is 54.6 Å². The van der Waals surface area contributed by atoms with Gasteiger partial charge in [-0.1, -0.05) is 75.7 Å². The van der Waals surface area contributed by atoms with E-state index in [2.05, 4.69) is 0 Å². The van der Waals surface area contributed by atoms with Gasteiger partial charge in [0.2, 0.25) is 0 Å². The number of esters is 3. The number of halogens is 6. The highest BCUT2D eigenvalue weighted by molar-refractivity contribution is 6.40. The van der Waals surface area contributed by atoms with Gasteiger partial charge in [-0.2, -0.15) is 0 Å². The number of carboxylic acids is 3. The molecule has 4 aliphatic heterocycles. The molecule has 2 spiro atoms. The summed E-state index contributed by atoms with van der Waals surface area (Å²) in [4.78, 5) is 78.2. The van der Waals surface area contributed by atoms with Crippen molar-refractivity contribution in [2.24, 2.45) is 0 Å². The Morgan fingerprint density at radius 1 is 0.478 bits per heavy atom. The Labute approximate surface area is 401 Å². The van der Waals surface area contributed by atoms with Crippen molar-refractivity contribution in [3.63, 3.8) is 0 Å². The molecule has 0 radical (unpaired) electrons. The van der Waals surface area contributed by atoms with Gasteiger partial charge in [-0.05, 0) is 54.6 Å². The van der Waals surface area contributed by atoms with Gasteiger partial charge in [-0.25, -0.2) is 28.8 Å². The fraction of sp³-hybridized carbons (Fsp3) is 0.0455. The van der Waals surface area contributed by atoms with E-state index in [4.69, 9.17) is 93.3 Å². The van der Waals surface area contributed by atoms with Crippen molar-refractivity contribution in [1.29, 1.82) is 0 Å². The number of carboxylic acid groups (broad SMARTS) is 3. The molecule has 17 nitrogen and oxygen atoms in total. The summed E-state index contributed by atoms with van der Waals surface area (Å²) in [6, 6.07) is 10.8. The van der Waals surface area contributed by atoms with E-state index in [9.17, 15) is 59.4 Å². The fourth-order valence-corrected chi connectivity index (χ4v) is 10.1. The largest absolute Gasteiger partial charge is 0.505 e. The number of carbonyl (C=O) groups excluding carboxylic acids is 3. The first-order chi connectivity index (χ1) is 31.6. The number of rotatable bonds is 5. The number of aromatic carboxylic acids is 3. The zero-order valence-electron chi connectivity index (χ0n) is 32.2. The summed E-state index contributed by atoms with van der Waals surface area (Å²) in [7, 11) is 0. The molecule has 6 aromatic rings. The molecule has 2 atom stereocenters. The highest BCUT2D eigenvalue weighted by Gasteiger charge is 2.58. The summed E-state index contributed by atoms with van der Waals surface area (Å²) in [5.74, 6) is -13.4. The molecule has 67 heavy (non-hydrogen) atoms. The molecular weight excluding hydrogens is 1010 g/mol. The van der Waals surface area contributed by atoms with Crippen LogP contribution >= 0.6 is 69.6 Å². The Hall–Kier alpha value is -7.12. The van der Waals surface area contributed by atoms with Gasteiger partial charge >= 0.3 is 35.8 Å². The Kier molecular flexibility index (Phi) is 9.59. The Morgan fingerprint density at radius 2 is 0.940 bits per heavy atom. The maximum absolute atomic E-state index is 14.4. The first kappa shape index (κ1) is 43.8. The number of hydrogen-bond acceptors (Lipinski definition) is 14. The minimum atomic E-state index is -2.46. The van der Waals surface area contributed by atoms with Crippen LogP contribution in [0.4, 0.5) is 0 Å². The molecule has 0 saturated heterocycles. The molecule has 0 fully saturated rings. The third-order valence-electron chi connectivity index (χ3n) is 11.5. The number of benzene rings is 6. The average molecular weight is 1030 g/mol. The highest BCUT2D eigenvalue weighted by atomic mass is 35.5. The zero-order valence-corrected chi connectivity index (χ0v) is 36.8. The summed E-state index contributed by atoms with van der Waals surface area (Å²) in [5, 5.41) is 59.3. The number of phenols is 3. The molecule has 2 unspecified atom stereocenters. The van der Waals surface area contributed by atoms with E-state index in [1.807, 2.05) is 0 Å². The second kappa shape index (κ2) is 14.7. The quantitative estimate of drug-likeness (QED) is 0.0692. The van der Waals surface area contributed by atoms with Crippen molar-refractivity contribution in [3.8, 4) is 46.0 Å². The lowest BCUT2D eigenvalue weighted by molar-refractivity contribution is 0.0214. The van der Waals surface area contributed by atoms with Crippen LogP contribution in [0.3, 0.4) is 0 Å². The monoisotopic (exact) mass is 1030 g/mol. The predicted molar refractivity (Wildman–Crippen MR) is 230 cm³/mol. The van der Waals surface area contributed by atoms with E-state index in [-0.39, 0.29) is 60.8 Å². The molecule has 0 aromatic heterocycles. The minimum absolute atomic E-state index is 0.0333. The maximum Gasteiger partial charge on any atom is 0.347 e. The summed E-state index contributed by atoms with van der Waals surface area (Å²) in [6.45, 7) is 0. The van der Waals surface area contributed by atoms with Crippen molar-refractivity contribution in [1.82, 2.24) is 0 Å². The third-order valence-corrected chi connectivity index (χ3v) is 13.4. The van der Waals surface area contributed by atoms with Crippen molar-refractivity contribution < 1.29 is 83.1 Å². The van der Waals surface area contributed by atoms with Gasteiger partial charge in [0, 0.05) is 11.1 Å². The maximum atomic E-state index is 14.4. The normalized spacial score (nSPS) is 17.8. The molecule has 4 heterocycles. The highest BCUT2D eigenvalue weighted by Crippen LogP contribution is 2.64. The van der Waals surface area contributed by atoms with E-state index in [0.29, 0.717) is 0 Å². The minimum Gasteiger partial charge on any atom is -0.505 e. The van der Waals surface area contributed by atoms with E-state index in [1.54, 1.807) is 0 Å². The van der Waals surface area contributed by atoms with Crippen LogP contribution in [-0.4, -0.2) is 66.5 Å². The molecule has 10 rings (SSSR count). The first-order valence-corrected chi connectivity index (χ1v) is 20.8. The fourth-order valence-electron chi connectivity index (χ4n) is 8.52. The number of phenolic OH excluding ortho intramolecular Hbond substituents is 2. The molecular formula is C44H16Cl6O17. The van der Waals surface area contributed by atoms with Gasteiger partial charge < -0.3 is 54.3 Å². The lowest BCUT2D eigenvalue weighted by atomic mass is 9.76. The van der Waals surface area contributed by atoms with E-state index >= 15 is 0 Å². The van der Waals surface area contributed by atoms with Crippen molar-refractivity contribution >= 4 is 105 Å². The van der Waals surface area contributed by atoms with Crippen LogP contribution in [0, 0.1) is 0 Å². The molecule has 6 aromatic carbocycles. The van der Waals surface area contributed by atoms with Crippen molar-refractivity contribution in [3.05, 3.63) is 158 Å².